The Kier molecular flexibility index (Phi) is 8.89. The van der Waals surface area contributed by atoms with E-state index in [0.29, 0.717) is 28.3 Å². The number of halogens is 3. The van der Waals surface area contributed by atoms with Crippen LogP contribution in [0.3, 0.4) is 0 Å². The van der Waals surface area contributed by atoms with Crippen molar-refractivity contribution in [1.82, 2.24) is 9.91 Å². The number of ether oxygens (including phenoxy) is 1. The van der Waals surface area contributed by atoms with Crippen LogP contribution < -0.4 is 10.2 Å². The first-order chi connectivity index (χ1) is 25.9. The van der Waals surface area contributed by atoms with Crippen LogP contribution >= 0.6 is 23.2 Å². The second-order valence-corrected chi connectivity index (χ2v) is 15.0. The largest absolute Gasteiger partial charge is 0.508 e. The summed E-state index contributed by atoms with van der Waals surface area (Å²) < 4.78 is 20.8. The van der Waals surface area contributed by atoms with Crippen molar-refractivity contribution in [1.29, 1.82) is 0 Å². The predicted molar refractivity (Wildman–Crippen MR) is 197 cm³/mol. The van der Waals surface area contributed by atoms with Gasteiger partial charge in [-0.15, -0.1) is 0 Å². The Morgan fingerprint density at radius 3 is 2.35 bits per heavy atom. The van der Waals surface area contributed by atoms with Crippen LogP contribution in [-0.2, 0) is 31.0 Å². The Morgan fingerprint density at radius 2 is 1.65 bits per heavy atom. The molecule has 1 saturated carbocycles. The Bertz CT molecular complexity index is 2250. The van der Waals surface area contributed by atoms with Gasteiger partial charge in [0.05, 0.1) is 41.0 Å². The predicted octanol–water partition coefficient (Wildman–Crippen LogP) is 6.78. The molecule has 2 heterocycles. The summed E-state index contributed by atoms with van der Waals surface area (Å²) in [5, 5.41) is 22.5. The normalized spacial score (nSPS) is 26.0. The molecule has 276 valence electrons. The number of hydrogen-bond acceptors (Lipinski definition) is 8. The van der Waals surface area contributed by atoms with E-state index in [4.69, 9.17) is 27.9 Å². The van der Waals surface area contributed by atoms with Crippen molar-refractivity contribution in [3.63, 3.8) is 0 Å². The van der Waals surface area contributed by atoms with E-state index in [2.05, 4.69) is 5.43 Å². The van der Waals surface area contributed by atoms with Crippen molar-refractivity contribution < 1.29 is 38.5 Å². The summed E-state index contributed by atoms with van der Waals surface area (Å²) in [6.07, 6.45) is 2.37. The van der Waals surface area contributed by atoms with E-state index in [-0.39, 0.29) is 47.3 Å². The Hall–Kier alpha value is -5.39. The number of nitrogens with zero attached hydrogens (tertiary/aromatic N) is 2. The van der Waals surface area contributed by atoms with Crippen LogP contribution in [0, 0.1) is 29.5 Å². The van der Waals surface area contributed by atoms with Gasteiger partial charge in [0, 0.05) is 23.0 Å². The molecule has 6 atom stereocenters. The molecule has 4 amide bonds. The average molecular weight is 771 g/mol. The van der Waals surface area contributed by atoms with Crippen molar-refractivity contribution in [2.45, 2.75) is 30.6 Å². The third-order valence-electron chi connectivity index (χ3n) is 11.6. The van der Waals surface area contributed by atoms with Crippen molar-refractivity contribution in [3.8, 4) is 17.2 Å². The molecular weight excluding hydrogens is 736 g/mol. The highest BCUT2D eigenvalue weighted by Crippen LogP contribution is 2.65. The number of para-hydroxylation sites is 1. The first-order valence-electron chi connectivity index (χ1n) is 17.5. The van der Waals surface area contributed by atoms with Crippen LogP contribution in [-0.4, -0.2) is 57.4 Å². The number of amides is 4. The number of nitrogens with one attached hydrogen (secondary N) is 1. The maximum absolute atomic E-state index is 15.4. The van der Waals surface area contributed by atoms with Crippen LogP contribution in [0.5, 0.6) is 17.2 Å². The van der Waals surface area contributed by atoms with E-state index in [1.165, 1.54) is 48.4 Å². The summed E-state index contributed by atoms with van der Waals surface area (Å²) in [5.74, 6) is -7.58. The summed E-state index contributed by atoms with van der Waals surface area (Å²) in [5.41, 5.74) is 3.27. The minimum absolute atomic E-state index is 0.00747. The molecule has 3 N–H and O–H groups in total. The molecule has 0 unspecified atom stereocenters. The van der Waals surface area contributed by atoms with Gasteiger partial charge in [-0.05, 0) is 84.8 Å². The van der Waals surface area contributed by atoms with Gasteiger partial charge in [0.15, 0.2) is 11.6 Å². The van der Waals surface area contributed by atoms with Gasteiger partial charge < -0.3 is 14.9 Å². The minimum Gasteiger partial charge on any atom is -0.508 e. The average Bonchev–Trinajstić information content (AvgIpc) is 3.54. The number of aromatic hydroxyl groups is 2. The molecule has 8 rings (SSSR count). The topological polar surface area (TPSA) is 136 Å². The summed E-state index contributed by atoms with van der Waals surface area (Å²) in [7, 11) is 1.50. The number of carbonyl (C=O) groups excluding carboxylic acids is 4. The third kappa shape index (κ3) is 5.43. The second-order valence-electron chi connectivity index (χ2n) is 14.1. The third-order valence-corrected chi connectivity index (χ3v) is 12.1. The molecule has 0 radical (unpaired) electrons. The zero-order valence-corrected chi connectivity index (χ0v) is 30.4. The monoisotopic (exact) mass is 769 g/mol. The van der Waals surface area contributed by atoms with Gasteiger partial charge in [0.2, 0.25) is 11.8 Å². The van der Waals surface area contributed by atoms with Gasteiger partial charge in [0.1, 0.15) is 11.5 Å². The minimum atomic E-state index is -1.75. The van der Waals surface area contributed by atoms with Gasteiger partial charge in [0.25, 0.3) is 11.8 Å². The van der Waals surface area contributed by atoms with Crippen LogP contribution in [0.1, 0.15) is 35.4 Å². The van der Waals surface area contributed by atoms with Crippen LogP contribution in [0.15, 0.2) is 96.6 Å². The standard InChI is InChI=1S/C41H34Cl2FN3O7/c1-54-25-12-7-22(8-13-25)41-30(38(51)47(40(41)53)45-33-16-9-23(42)19-31(33)43)20-29-26(35(41)28-3-2-4-32(44)36(28)49)14-15-27-34(29)39(52)46(37(27)50)18-17-21-5-10-24(48)11-6-21/h2-14,16,19,27,29-30,34-35,45,48-49H,15,17-18,20H2,1H3/t27-,29+,30-,34-,35+,41+/m0/s1. The quantitative estimate of drug-likeness (QED) is 0.132. The summed E-state index contributed by atoms with van der Waals surface area (Å²) in [6.45, 7) is 0.113. The summed E-state index contributed by atoms with van der Waals surface area (Å²) in [4.78, 5) is 59.7. The van der Waals surface area contributed by atoms with Crippen molar-refractivity contribution in [3.05, 3.63) is 129 Å². The second kappa shape index (κ2) is 13.5. The first kappa shape index (κ1) is 35.6. The molecule has 54 heavy (non-hydrogen) atoms. The summed E-state index contributed by atoms with van der Waals surface area (Å²) >= 11 is 12.6. The Labute approximate surface area is 319 Å². The number of imide groups is 2. The molecule has 0 aromatic heterocycles. The first-order valence-corrected chi connectivity index (χ1v) is 18.3. The van der Waals surface area contributed by atoms with Gasteiger partial charge >= 0.3 is 0 Å². The van der Waals surface area contributed by atoms with Crippen molar-refractivity contribution in [2.24, 2.45) is 23.7 Å². The molecule has 3 fully saturated rings. The lowest BCUT2D eigenvalue weighted by atomic mass is 9.49. The number of phenolic OH excluding ortho intramolecular Hbond substituents is 2. The number of anilines is 1. The fourth-order valence-electron chi connectivity index (χ4n) is 9.14. The number of phenols is 2. The fourth-order valence-corrected chi connectivity index (χ4v) is 9.59. The van der Waals surface area contributed by atoms with Crippen LogP contribution in [0.4, 0.5) is 10.1 Å². The molecule has 10 nitrogen and oxygen atoms in total. The molecule has 4 aliphatic rings. The zero-order valence-electron chi connectivity index (χ0n) is 28.8. The van der Waals surface area contributed by atoms with Gasteiger partial charge in [-0.1, -0.05) is 71.2 Å². The SMILES string of the molecule is COc1ccc([C@@]23C(=O)N(Nc4ccc(Cl)cc4Cl)C(=O)[C@@H]2C[C@@H]2C(=CC[C@@H]4C(=O)N(CCc5ccc(O)cc5)C(=O)[C@@H]42)[C@@H]3c2cccc(F)c2O)cc1. The van der Waals surface area contributed by atoms with Crippen molar-refractivity contribution >= 4 is 52.5 Å². The smallest absolute Gasteiger partial charge is 0.260 e. The number of hydrazine groups is 1. The maximum Gasteiger partial charge on any atom is 0.260 e. The molecule has 0 bridgehead atoms. The van der Waals surface area contributed by atoms with E-state index < -0.39 is 64.3 Å². The molecule has 0 spiro atoms. The highest BCUT2D eigenvalue weighted by Gasteiger charge is 2.70. The summed E-state index contributed by atoms with van der Waals surface area (Å²) in [6, 6.07) is 21.8. The lowest BCUT2D eigenvalue weighted by molar-refractivity contribution is -0.141. The number of carbonyl (C=O) groups is 4. The highest BCUT2D eigenvalue weighted by atomic mass is 35.5. The zero-order chi connectivity index (χ0) is 38.1. The molecular formula is C41H34Cl2FN3O7. The molecule has 4 aromatic carbocycles. The van der Waals surface area contributed by atoms with E-state index in [1.807, 2.05) is 6.08 Å². The number of hydrogen-bond donors (Lipinski definition) is 3. The number of fused-ring (bicyclic) bond motifs is 4. The lowest BCUT2D eigenvalue weighted by Gasteiger charge is -2.50. The highest BCUT2D eigenvalue weighted by molar-refractivity contribution is 6.36. The number of rotatable bonds is 8. The Balaban J connectivity index is 1.27. The molecule has 2 aliphatic carbocycles. The number of methoxy groups -OCH3 is 1. The van der Waals surface area contributed by atoms with Gasteiger partial charge in [-0.2, -0.15) is 5.01 Å². The van der Waals surface area contributed by atoms with E-state index in [9.17, 15) is 24.6 Å². The van der Waals surface area contributed by atoms with Crippen LogP contribution in [0.25, 0.3) is 0 Å². The molecule has 2 aliphatic heterocycles. The molecule has 2 saturated heterocycles. The maximum atomic E-state index is 15.4. The van der Waals surface area contributed by atoms with Crippen LogP contribution in [0.2, 0.25) is 10.0 Å². The van der Waals surface area contributed by atoms with E-state index >= 15 is 9.18 Å². The van der Waals surface area contributed by atoms with Gasteiger partial charge in [-0.25, -0.2) is 4.39 Å². The van der Waals surface area contributed by atoms with E-state index in [1.54, 1.807) is 42.5 Å². The number of allylic oxidation sites excluding steroid dienone is 2. The van der Waals surface area contributed by atoms with E-state index in [0.717, 1.165) is 16.6 Å². The van der Waals surface area contributed by atoms with Crippen molar-refractivity contribution in [2.75, 3.05) is 19.1 Å². The number of likely N-dealkylation sites (tertiary alicyclic amines) is 1. The lowest BCUT2D eigenvalue weighted by Crippen LogP contribution is -2.53. The number of benzene rings is 4. The fraction of sp³-hybridized carbons (Fsp3) is 0.268. The molecule has 4 aromatic rings. The Morgan fingerprint density at radius 1 is 0.907 bits per heavy atom. The van der Waals surface area contributed by atoms with Gasteiger partial charge in [-0.3, -0.25) is 29.5 Å². The molecule has 13 heteroatoms.